The lowest BCUT2D eigenvalue weighted by atomic mass is 9.95. The number of rotatable bonds is 6. The number of hydrogen-bond acceptors (Lipinski definition) is 10. The van der Waals surface area contributed by atoms with Gasteiger partial charge in [0.1, 0.15) is 47.0 Å². The number of nitriles is 1. The number of amides is 1. The molecule has 3 fully saturated rings. The molecule has 4 atom stereocenters. The molecule has 8 rings (SSSR count). The van der Waals surface area contributed by atoms with Crippen LogP contribution >= 0.6 is 22.9 Å². The van der Waals surface area contributed by atoms with Gasteiger partial charge in [0.2, 0.25) is 12.3 Å². The van der Waals surface area contributed by atoms with Gasteiger partial charge in [-0.15, -0.1) is 11.3 Å². The number of aromatic nitrogens is 2. The molecule has 268 valence electrons. The van der Waals surface area contributed by atoms with Crippen LogP contribution in [0.3, 0.4) is 0 Å². The highest BCUT2D eigenvalue weighted by molar-refractivity contribution is 7.23. The first-order valence-corrected chi connectivity index (χ1v) is 17.7. The quantitative estimate of drug-likeness (QED) is 0.227. The Morgan fingerprint density at radius 3 is 2.82 bits per heavy atom. The third-order valence-corrected chi connectivity index (χ3v) is 12.1. The lowest BCUT2D eigenvalue weighted by molar-refractivity contribution is -0.136. The average Bonchev–Trinajstić information content (AvgIpc) is 3.73. The summed E-state index contributed by atoms with van der Waals surface area (Å²) in [5, 5.41) is 9.79. The molecule has 0 radical (unpaired) electrons. The van der Waals surface area contributed by atoms with Gasteiger partial charge >= 0.3 is 6.01 Å². The number of fused-ring (bicyclic) bond motifs is 4. The number of ether oxygens (including phenoxy) is 2. The summed E-state index contributed by atoms with van der Waals surface area (Å²) in [6.07, 6.45) is -2.48. The fraction of sp³-hybridized carbons (Fsp3) is 0.471. The Hall–Kier alpha value is -4.20. The topological polar surface area (TPSA) is 121 Å². The molecular formula is C34H31ClF5N7O3S. The number of carbonyl (C=O) groups is 1. The lowest BCUT2D eigenvalue weighted by Gasteiger charge is -2.45. The molecule has 1 amide bonds. The van der Waals surface area contributed by atoms with Crippen molar-refractivity contribution in [2.75, 3.05) is 50.5 Å². The Morgan fingerprint density at radius 1 is 1.25 bits per heavy atom. The number of thiophene rings is 1. The minimum absolute atomic E-state index is 0.0000732. The number of hydrogen-bond donors (Lipinski definition) is 1. The molecule has 0 spiro atoms. The minimum Gasteiger partial charge on any atom is -0.491 e. The van der Waals surface area contributed by atoms with Crippen molar-refractivity contribution in [2.24, 2.45) is 0 Å². The van der Waals surface area contributed by atoms with E-state index in [2.05, 4.69) is 9.97 Å². The van der Waals surface area contributed by atoms with Crippen LogP contribution in [-0.2, 0) is 4.79 Å². The molecule has 4 aromatic rings. The Kier molecular flexibility index (Phi) is 8.30. The van der Waals surface area contributed by atoms with Crippen molar-refractivity contribution < 1.29 is 36.2 Å². The Bertz CT molecular complexity index is 2150. The van der Waals surface area contributed by atoms with Crippen LogP contribution in [0.1, 0.15) is 37.7 Å². The van der Waals surface area contributed by atoms with E-state index in [-0.39, 0.29) is 104 Å². The normalized spacial score (nSPS) is 24.8. The molecule has 4 aliphatic rings. The van der Waals surface area contributed by atoms with Gasteiger partial charge in [-0.3, -0.25) is 9.69 Å². The van der Waals surface area contributed by atoms with E-state index >= 15 is 8.78 Å². The van der Waals surface area contributed by atoms with Crippen LogP contribution in [0, 0.1) is 23.0 Å². The molecule has 2 aromatic heterocycles. The van der Waals surface area contributed by atoms with Gasteiger partial charge in [-0.25, -0.2) is 22.0 Å². The minimum atomic E-state index is -2.71. The first kappa shape index (κ1) is 33.9. The molecule has 0 bridgehead atoms. The van der Waals surface area contributed by atoms with Gasteiger partial charge in [0, 0.05) is 50.3 Å². The van der Waals surface area contributed by atoms with Gasteiger partial charge in [-0.2, -0.15) is 15.2 Å². The second-order valence-corrected chi connectivity index (χ2v) is 15.0. The number of nitrogen functional groups attached to an aromatic ring is 1. The molecule has 51 heavy (non-hydrogen) atoms. The molecule has 6 heterocycles. The monoisotopic (exact) mass is 747 g/mol. The zero-order valence-electron chi connectivity index (χ0n) is 27.2. The maximum absolute atomic E-state index is 17.3. The summed E-state index contributed by atoms with van der Waals surface area (Å²) in [5.74, 6) is -2.13. The van der Waals surface area contributed by atoms with Gasteiger partial charge in [-0.1, -0.05) is 17.7 Å². The number of nitrogens with two attached hydrogens (primary N) is 1. The lowest BCUT2D eigenvalue weighted by Crippen LogP contribution is -2.61. The van der Waals surface area contributed by atoms with Crippen LogP contribution in [0.2, 0.25) is 5.02 Å². The van der Waals surface area contributed by atoms with Gasteiger partial charge in [0.25, 0.3) is 0 Å². The molecular weight excluding hydrogens is 717 g/mol. The summed E-state index contributed by atoms with van der Waals surface area (Å²) in [7, 11) is 1.47. The van der Waals surface area contributed by atoms with Crippen LogP contribution < -0.4 is 20.1 Å². The predicted molar refractivity (Wildman–Crippen MR) is 181 cm³/mol. The van der Waals surface area contributed by atoms with E-state index in [1.54, 1.807) is 4.90 Å². The number of anilines is 2. The fourth-order valence-electron chi connectivity index (χ4n) is 8.29. The average molecular weight is 748 g/mol. The van der Waals surface area contributed by atoms with Gasteiger partial charge in [-0.05, 0) is 31.0 Å². The van der Waals surface area contributed by atoms with E-state index in [9.17, 15) is 23.2 Å². The molecule has 10 nitrogen and oxygen atoms in total. The van der Waals surface area contributed by atoms with Crippen molar-refractivity contribution in [3.63, 3.8) is 0 Å². The highest BCUT2D eigenvalue weighted by atomic mass is 35.5. The number of nitrogens with zero attached hydrogens (tertiary/aromatic N) is 6. The molecule has 17 heteroatoms. The van der Waals surface area contributed by atoms with Crippen LogP contribution in [0.15, 0.2) is 12.1 Å². The summed E-state index contributed by atoms with van der Waals surface area (Å²) in [6.45, 7) is 0.828. The summed E-state index contributed by atoms with van der Waals surface area (Å²) < 4.78 is 86.8. The van der Waals surface area contributed by atoms with E-state index in [0.29, 0.717) is 13.0 Å². The van der Waals surface area contributed by atoms with Crippen LogP contribution in [0.25, 0.3) is 32.1 Å². The highest BCUT2D eigenvalue weighted by Gasteiger charge is 2.50. The number of benzene rings is 2. The second kappa shape index (κ2) is 12.5. The van der Waals surface area contributed by atoms with E-state index in [4.69, 9.17) is 26.8 Å². The number of carbonyl (C=O) groups excluding carboxylic acids is 1. The molecule has 0 saturated carbocycles. The zero-order chi connectivity index (χ0) is 35.9. The maximum Gasteiger partial charge on any atom is 0.319 e. The number of piperazine rings is 1. The number of halogens is 6. The van der Waals surface area contributed by atoms with Gasteiger partial charge in [0.15, 0.2) is 11.6 Å². The Labute approximate surface area is 297 Å². The first-order valence-electron chi connectivity index (χ1n) is 16.5. The van der Waals surface area contributed by atoms with Crippen molar-refractivity contribution in [1.29, 1.82) is 5.26 Å². The predicted octanol–water partition coefficient (Wildman–Crippen LogP) is 6.31. The molecule has 4 aliphatic heterocycles. The number of alkyl halides is 3. The van der Waals surface area contributed by atoms with E-state index in [1.165, 1.54) is 18.0 Å². The fourth-order valence-corrected chi connectivity index (χ4v) is 9.57. The van der Waals surface area contributed by atoms with E-state index in [1.807, 2.05) is 11.0 Å². The van der Waals surface area contributed by atoms with E-state index < -0.39 is 54.2 Å². The standard InChI is InChI=1S/C34H31ClF5N7O3S/c1-45-16(9-21(38)39)13-47-20(32(45)48)5-8-49-28-24-27(43-33(44-31(24)47)50-14-34-6-2-7-46(34)12-15(36)10-34)26(40)23(25(28)35)17-3-4-19(37)29-22(17)18(11-41)30(42)51-29/h3-4,15-16,20-21H,2,5-10,12-14,42H2,1H3/t15-,16?,20?,34+/m1/s1. The maximum atomic E-state index is 17.3. The van der Waals surface area contributed by atoms with Crippen molar-refractivity contribution in [3.8, 4) is 29.0 Å². The SMILES string of the molecule is CN1C(=O)C2CCOc3c(Cl)c(-c4ccc(F)c5sc(N)c(C#N)c45)c(F)c4nc(OC[C@@]56CCCN5C[C@H](F)C6)nc(c34)N2CC1CC(F)F. The number of likely N-dealkylation sites (N-methyl/N-ethyl adjacent to an activating group) is 1. The van der Waals surface area contributed by atoms with Crippen molar-refractivity contribution in [2.45, 2.75) is 62.3 Å². The third-order valence-electron chi connectivity index (χ3n) is 10.7. The van der Waals surface area contributed by atoms with Crippen molar-refractivity contribution in [1.82, 2.24) is 19.8 Å². The molecule has 2 N–H and O–H groups in total. The molecule has 2 unspecified atom stereocenters. The van der Waals surface area contributed by atoms with Gasteiger partial charge in [0.05, 0.1) is 38.9 Å². The summed E-state index contributed by atoms with van der Waals surface area (Å²) in [5.41, 5.74) is 4.91. The van der Waals surface area contributed by atoms with Gasteiger partial charge < -0.3 is 25.0 Å². The first-order chi connectivity index (χ1) is 24.4. The molecule has 3 saturated heterocycles. The van der Waals surface area contributed by atoms with Crippen LogP contribution in [0.5, 0.6) is 11.8 Å². The van der Waals surface area contributed by atoms with Crippen molar-refractivity contribution in [3.05, 3.63) is 34.4 Å². The van der Waals surface area contributed by atoms with Crippen LogP contribution in [0.4, 0.5) is 32.8 Å². The van der Waals surface area contributed by atoms with E-state index in [0.717, 1.165) is 23.8 Å². The summed E-state index contributed by atoms with van der Waals surface area (Å²) in [6, 6.07) is 2.30. The Balaban J connectivity index is 1.36. The smallest absolute Gasteiger partial charge is 0.319 e. The second-order valence-electron chi connectivity index (χ2n) is 13.5. The molecule has 0 aliphatic carbocycles. The van der Waals surface area contributed by atoms with Crippen LogP contribution in [-0.4, -0.2) is 95.8 Å². The zero-order valence-corrected chi connectivity index (χ0v) is 28.8. The molecule has 2 aromatic carbocycles. The summed E-state index contributed by atoms with van der Waals surface area (Å²) in [4.78, 5) is 27.7. The highest BCUT2D eigenvalue weighted by Crippen LogP contribution is 2.51. The largest absolute Gasteiger partial charge is 0.491 e. The third kappa shape index (κ3) is 5.30. The Morgan fingerprint density at radius 2 is 2.06 bits per heavy atom. The summed E-state index contributed by atoms with van der Waals surface area (Å²) >= 11 is 7.84. The van der Waals surface area contributed by atoms with Crippen molar-refractivity contribution >= 4 is 60.7 Å².